The lowest BCUT2D eigenvalue weighted by Crippen LogP contribution is -2.22. The lowest BCUT2D eigenvalue weighted by Gasteiger charge is -2.02. The third kappa shape index (κ3) is 2.59. The summed E-state index contributed by atoms with van der Waals surface area (Å²) in [5, 5.41) is 8.21. The van der Waals surface area contributed by atoms with E-state index in [1.54, 1.807) is 16.9 Å². The Morgan fingerprint density at radius 3 is 3.00 bits per heavy atom. The van der Waals surface area contributed by atoms with E-state index in [0.29, 0.717) is 22.1 Å². The van der Waals surface area contributed by atoms with Crippen LogP contribution in [0.5, 0.6) is 0 Å². The van der Waals surface area contributed by atoms with E-state index < -0.39 is 0 Å². The van der Waals surface area contributed by atoms with Crippen molar-refractivity contribution in [1.29, 1.82) is 0 Å². The van der Waals surface area contributed by atoms with E-state index in [0.717, 1.165) is 15.6 Å². The summed E-state index contributed by atoms with van der Waals surface area (Å²) in [6.07, 6.45) is 3.57. The Bertz CT molecular complexity index is 824. The number of anilines is 1. The maximum atomic E-state index is 12.3. The number of benzene rings is 1. The Kier molecular flexibility index (Phi) is 3.57. The van der Waals surface area contributed by atoms with Crippen molar-refractivity contribution in [2.45, 2.75) is 6.54 Å². The van der Waals surface area contributed by atoms with Crippen LogP contribution in [-0.4, -0.2) is 15.7 Å². The lowest BCUT2D eigenvalue weighted by molar-refractivity contribution is 0.0956. The van der Waals surface area contributed by atoms with E-state index >= 15 is 0 Å². The second-order valence-corrected chi connectivity index (χ2v) is 6.12. The van der Waals surface area contributed by atoms with Crippen LogP contribution in [0.15, 0.2) is 30.6 Å². The fourth-order valence-corrected chi connectivity index (χ4v) is 3.52. The maximum Gasteiger partial charge on any atom is 0.263 e. The first-order valence-electron chi connectivity index (χ1n) is 6.28. The number of hydrogen-bond acceptors (Lipinski definition) is 4. The summed E-state index contributed by atoms with van der Waals surface area (Å²) in [6.45, 7) is 0.411. The number of fused-ring (bicyclic) bond motifs is 1. The second kappa shape index (κ2) is 5.38. The molecule has 2 aromatic heterocycles. The van der Waals surface area contributed by atoms with Gasteiger partial charge in [-0.05, 0) is 12.1 Å². The minimum atomic E-state index is -0.200. The highest BCUT2D eigenvalue weighted by atomic mass is 35.5. The number of nitrogens with one attached hydrogen (secondary N) is 1. The Morgan fingerprint density at radius 2 is 2.33 bits per heavy atom. The number of rotatable bonds is 3. The van der Waals surface area contributed by atoms with Crippen LogP contribution in [0.2, 0.25) is 5.02 Å². The highest BCUT2D eigenvalue weighted by Crippen LogP contribution is 2.37. The van der Waals surface area contributed by atoms with Gasteiger partial charge in [-0.15, -0.1) is 11.3 Å². The van der Waals surface area contributed by atoms with Gasteiger partial charge in [-0.3, -0.25) is 9.48 Å². The standard InChI is InChI=1S/C14H13ClN4OS/c1-19-7-8(6-18-19)5-17-14(20)13-12(16)11-9(15)3-2-4-10(11)21-13/h2-4,6-7H,5,16H2,1H3,(H,17,20). The summed E-state index contributed by atoms with van der Waals surface area (Å²) in [5.41, 5.74) is 7.43. The minimum Gasteiger partial charge on any atom is -0.397 e. The molecule has 1 amide bonds. The zero-order chi connectivity index (χ0) is 15.0. The van der Waals surface area contributed by atoms with Gasteiger partial charge in [0.2, 0.25) is 0 Å². The van der Waals surface area contributed by atoms with Crippen LogP contribution in [0.25, 0.3) is 10.1 Å². The average molecular weight is 321 g/mol. The molecule has 0 saturated carbocycles. The van der Waals surface area contributed by atoms with Crippen LogP contribution in [0.3, 0.4) is 0 Å². The molecule has 2 heterocycles. The van der Waals surface area contributed by atoms with Crippen LogP contribution in [0.1, 0.15) is 15.2 Å². The van der Waals surface area contributed by atoms with Gasteiger partial charge in [-0.25, -0.2) is 0 Å². The minimum absolute atomic E-state index is 0.200. The molecule has 0 radical (unpaired) electrons. The molecule has 0 fully saturated rings. The molecule has 0 atom stereocenters. The molecule has 21 heavy (non-hydrogen) atoms. The summed E-state index contributed by atoms with van der Waals surface area (Å²) < 4.78 is 2.60. The van der Waals surface area contributed by atoms with Crippen molar-refractivity contribution < 1.29 is 4.79 Å². The number of carbonyl (C=O) groups is 1. The number of aryl methyl sites for hydroxylation is 1. The van der Waals surface area contributed by atoms with Crippen LogP contribution in [0.4, 0.5) is 5.69 Å². The quantitative estimate of drug-likeness (QED) is 0.779. The molecule has 0 unspecified atom stereocenters. The Hall–Kier alpha value is -2.05. The van der Waals surface area contributed by atoms with Crippen molar-refractivity contribution >= 4 is 44.6 Å². The topological polar surface area (TPSA) is 72.9 Å². The first-order chi connectivity index (χ1) is 10.1. The van der Waals surface area contributed by atoms with Crippen molar-refractivity contribution in [1.82, 2.24) is 15.1 Å². The molecule has 7 heteroatoms. The largest absolute Gasteiger partial charge is 0.397 e. The molecule has 0 aliphatic carbocycles. The molecule has 0 aliphatic heterocycles. The molecule has 0 spiro atoms. The zero-order valence-electron chi connectivity index (χ0n) is 11.3. The fraction of sp³-hybridized carbons (Fsp3) is 0.143. The van der Waals surface area contributed by atoms with E-state index in [-0.39, 0.29) is 5.91 Å². The molecule has 0 bridgehead atoms. The van der Waals surface area contributed by atoms with Gasteiger partial charge < -0.3 is 11.1 Å². The number of thiophene rings is 1. The average Bonchev–Trinajstić information content (AvgIpc) is 3.01. The maximum absolute atomic E-state index is 12.3. The van der Waals surface area contributed by atoms with E-state index in [2.05, 4.69) is 10.4 Å². The molecule has 3 rings (SSSR count). The van der Waals surface area contributed by atoms with Crippen LogP contribution >= 0.6 is 22.9 Å². The number of carbonyl (C=O) groups excluding carboxylic acids is 1. The Balaban J connectivity index is 1.84. The SMILES string of the molecule is Cn1cc(CNC(=O)c2sc3cccc(Cl)c3c2N)cn1. The summed E-state index contributed by atoms with van der Waals surface area (Å²) in [6, 6.07) is 5.52. The normalized spacial score (nSPS) is 11.0. The second-order valence-electron chi connectivity index (χ2n) is 4.66. The van der Waals surface area contributed by atoms with Gasteiger partial charge in [0.15, 0.2) is 0 Å². The molecular weight excluding hydrogens is 308 g/mol. The number of nitrogens with zero attached hydrogens (tertiary/aromatic N) is 2. The molecule has 1 aromatic carbocycles. The zero-order valence-corrected chi connectivity index (χ0v) is 12.8. The molecule has 5 nitrogen and oxygen atoms in total. The number of aromatic nitrogens is 2. The van der Waals surface area contributed by atoms with Gasteiger partial charge in [0, 0.05) is 35.4 Å². The third-order valence-electron chi connectivity index (χ3n) is 3.12. The molecule has 3 aromatic rings. The van der Waals surface area contributed by atoms with Crippen LogP contribution in [-0.2, 0) is 13.6 Å². The number of nitrogen functional groups attached to an aromatic ring is 1. The molecular formula is C14H13ClN4OS. The third-order valence-corrected chi connectivity index (χ3v) is 4.60. The predicted molar refractivity (Wildman–Crippen MR) is 85.6 cm³/mol. The molecule has 0 aliphatic rings. The highest BCUT2D eigenvalue weighted by Gasteiger charge is 2.17. The number of hydrogen-bond donors (Lipinski definition) is 2. The highest BCUT2D eigenvalue weighted by molar-refractivity contribution is 7.21. The van der Waals surface area contributed by atoms with Crippen molar-refractivity contribution in [3.05, 3.63) is 46.1 Å². The van der Waals surface area contributed by atoms with Crippen molar-refractivity contribution in [2.24, 2.45) is 7.05 Å². The number of nitrogens with two attached hydrogens (primary N) is 1. The number of amides is 1. The summed E-state index contributed by atoms with van der Waals surface area (Å²) in [7, 11) is 1.83. The molecule has 0 saturated heterocycles. The molecule has 108 valence electrons. The Morgan fingerprint density at radius 1 is 1.52 bits per heavy atom. The number of halogens is 1. The van der Waals surface area contributed by atoms with E-state index in [1.165, 1.54) is 11.3 Å². The van der Waals surface area contributed by atoms with Crippen molar-refractivity contribution in [3.63, 3.8) is 0 Å². The smallest absolute Gasteiger partial charge is 0.263 e. The fourth-order valence-electron chi connectivity index (χ4n) is 2.12. The van der Waals surface area contributed by atoms with E-state index in [1.807, 2.05) is 25.4 Å². The van der Waals surface area contributed by atoms with Gasteiger partial charge in [0.25, 0.3) is 5.91 Å². The monoisotopic (exact) mass is 320 g/mol. The Labute approximate surface area is 130 Å². The van der Waals surface area contributed by atoms with Crippen LogP contribution in [0, 0.1) is 0 Å². The van der Waals surface area contributed by atoms with Crippen molar-refractivity contribution in [2.75, 3.05) is 5.73 Å². The van der Waals surface area contributed by atoms with Gasteiger partial charge in [0.05, 0.1) is 16.9 Å². The lowest BCUT2D eigenvalue weighted by atomic mass is 10.2. The van der Waals surface area contributed by atoms with Gasteiger partial charge in [0.1, 0.15) is 4.88 Å². The van der Waals surface area contributed by atoms with Crippen LogP contribution < -0.4 is 11.1 Å². The van der Waals surface area contributed by atoms with Gasteiger partial charge in [-0.2, -0.15) is 5.10 Å². The first-order valence-corrected chi connectivity index (χ1v) is 7.48. The predicted octanol–water partition coefficient (Wildman–Crippen LogP) is 2.80. The van der Waals surface area contributed by atoms with E-state index in [4.69, 9.17) is 17.3 Å². The molecule has 3 N–H and O–H groups in total. The summed E-state index contributed by atoms with van der Waals surface area (Å²) in [5.74, 6) is -0.200. The van der Waals surface area contributed by atoms with Crippen molar-refractivity contribution in [3.8, 4) is 0 Å². The van der Waals surface area contributed by atoms with E-state index in [9.17, 15) is 4.79 Å². The summed E-state index contributed by atoms with van der Waals surface area (Å²) >= 11 is 7.48. The summed E-state index contributed by atoms with van der Waals surface area (Å²) in [4.78, 5) is 12.8. The van der Waals surface area contributed by atoms with Gasteiger partial charge >= 0.3 is 0 Å². The van der Waals surface area contributed by atoms with Gasteiger partial charge in [-0.1, -0.05) is 17.7 Å². The first kappa shape index (κ1) is 13.9.